The van der Waals surface area contributed by atoms with Crippen LogP contribution >= 0.6 is 23.1 Å². The summed E-state index contributed by atoms with van der Waals surface area (Å²) in [5, 5.41) is 11.1. The van der Waals surface area contributed by atoms with Gasteiger partial charge in [0, 0.05) is 30.4 Å². The van der Waals surface area contributed by atoms with Crippen LogP contribution in [0.5, 0.6) is 5.75 Å². The highest BCUT2D eigenvalue weighted by Gasteiger charge is 2.14. The Morgan fingerprint density at radius 2 is 1.93 bits per heavy atom. The van der Waals surface area contributed by atoms with Crippen molar-refractivity contribution in [1.29, 1.82) is 0 Å². The SMILES string of the molecule is Cn1c(COc2ccc(C(C)(C)C)cc2)nnc1SCc1cc(=O)n2ccsc2n1. The van der Waals surface area contributed by atoms with Crippen molar-refractivity contribution in [3.63, 3.8) is 0 Å². The van der Waals surface area contributed by atoms with Gasteiger partial charge in [-0.3, -0.25) is 9.20 Å². The molecule has 0 saturated carbocycles. The van der Waals surface area contributed by atoms with Gasteiger partial charge in [-0.1, -0.05) is 44.7 Å². The second-order valence-electron chi connectivity index (χ2n) is 7.95. The van der Waals surface area contributed by atoms with Crippen molar-refractivity contribution in [2.45, 2.75) is 43.7 Å². The van der Waals surface area contributed by atoms with Gasteiger partial charge >= 0.3 is 0 Å². The Morgan fingerprint density at radius 1 is 1.17 bits per heavy atom. The highest BCUT2D eigenvalue weighted by Crippen LogP contribution is 2.25. The maximum atomic E-state index is 12.1. The average molecular weight is 442 g/mol. The summed E-state index contributed by atoms with van der Waals surface area (Å²) in [5.74, 6) is 2.08. The second kappa shape index (κ2) is 8.23. The third kappa shape index (κ3) is 4.41. The van der Waals surface area contributed by atoms with E-state index in [0.29, 0.717) is 17.3 Å². The standard InChI is InChI=1S/C21H23N5O2S2/c1-21(2,3)14-5-7-16(8-6-14)28-12-17-23-24-20(25(17)4)30-13-15-11-18(27)26-9-10-29-19(26)22-15/h5-11H,12-13H2,1-4H3. The van der Waals surface area contributed by atoms with E-state index >= 15 is 0 Å². The zero-order chi connectivity index (χ0) is 21.3. The lowest BCUT2D eigenvalue weighted by Gasteiger charge is -2.19. The Balaban J connectivity index is 1.39. The largest absolute Gasteiger partial charge is 0.486 e. The van der Waals surface area contributed by atoms with E-state index < -0.39 is 0 Å². The lowest BCUT2D eigenvalue weighted by Crippen LogP contribution is -2.12. The molecular formula is C21H23N5O2S2. The van der Waals surface area contributed by atoms with Crippen molar-refractivity contribution in [1.82, 2.24) is 24.1 Å². The summed E-state index contributed by atoms with van der Waals surface area (Å²) in [6.07, 6.45) is 1.73. The number of hydrogen-bond acceptors (Lipinski definition) is 7. The summed E-state index contributed by atoms with van der Waals surface area (Å²) in [6.45, 7) is 6.89. The summed E-state index contributed by atoms with van der Waals surface area (Å²) in [6, 6.07) is 9.71. The number of fused-ring (bicyclic) bond motifs is 1. The van der Waals surface area contributed by atoms with Crippen LogP contribution in [0, 0.1) is 0 Å². The van der Waals surface area contributed by atoms with Crippen LogP contribution in [-0.4, -0.2) is 24.1 Å². The summed E-state index contributed by atoms with van der Waals surface area (Å²) in [7, 11) is 1.91. The topological polar surface area (TPSA) is 74.3 Å². The first-order valence-electron chi connectivity index (χ1n) is 9.51. The van der Waals surface area contributed by atoms with Gasteiger partial charge in [-0.15, -0.1) is 21.5 Å². The lowest BCUT2D eigenvalue weighted by molar-refractivity contribution is 0.290. The number of hydrogen-bond donors (Lipinski definition) is 0. The number of thioether (sulfide) groups is 1. The van der Waals surface area contributed by atoms with Crippen LogP contribution in [0.15, 0.2) is 51.9 Å². The van der Waals surface area contributed by atoms with E-state index in [4.69, 9.17) is 4.74 Å². The van der Waals surface area contributed by atoms with E-state index in [1.807, 2.05) is 29.1 Å². The molecule has 0 atom stereocenters. The molecular weight excluding hydrogens is 418 g/mol. The van der Waals surface area contributed by atoms with Gasteiger partial charge in [-0.2, -0.15) is 0 Å². The minimum atomic E-state index is -0.0682. The molecule has 0 N–H and O–H groups in total. The quantitative estimate of drug-likeness (QED) is 0.420. The molecule has 0 aliphatic heterocycles. The van der Waals surface area contributed by atoms with Crippen LogP contribution in [0.25, 0.3) is 4.96 Å². The third-order valence-electron chi connectivity index (χ3n) is 4.72. The van der Waals surface area contributed by atoms with E-state index in [1.165, 1.54) is 28.7 Å². The van der Waals surface area contributed by atoms with Crippen molar-refractivity contribution >= 4 is 28.1 Å². The monoisotopic (exact) mass is 441 g/mol. The molecule has 0 bridgehead atoms. The third-order valence-corrected chi connectivity index (χ3v) is 6.53. The normalized spacial score (nSPS) is 11.9. The molecule has 0 aliphatic carbocycles. The first-order valence-corrected chi connectivity index (χ1v) is 11.4. The van der Waals surface area contributed by atoms with Crippen LogP contribution in [0.4, 0.5) is 0 Å². The molecule has 4 aromatic rings. The number of aromatic nitrogens is 5. The minimum absolute atomic E-state index is 0.0682. The molecule has 3 aromatic heterocycles. The molecule has 0 fully saturated rings. The Hall–Kier alpha value is -2.65. The maximum Gasteiger partial charge on any atom is 0.258 e. The Kier molecular flexibility index (Phi) is 5.66. The van der Waals surface area contributed by atoms with Gasteiger partial charge in [0.1, 0.15) is 12.4 Å². The molecule has 0 saturated heterocycles. The van der Waals surface area contributed by atoms with Crippen LogP contribution in [-0.2, 0) is 24.8 Å². The average Bonchev–Trinajstić information content (AvgIpc) is 3.31. The van der Waals surface area contributed by atoms with E-state index in [9.17, 15) is 4.79 Å². The number of rotatable bonds is 6. The van der Waals surface area contributed by atoms with Crippen LogP contribution in [0.3, 0.4) is 0 Å². The summed E-state index contributed by atoms with van der Waals surface area (Å²) in [4.78, 5) is 17.3. The van der Waals surface area contributed by atoms with Crippen molar-refractivity contribution in [3.05, 3.63) is 69.3 Å². The lowest BCUT2D eigenvalue weighted by atomic mass is 9.87. The predicted octanol–water partition coefficient (Wildman–Crippen LogP) is 4.05. The van der Waals surface area contributed by atoms with Crippen molar-refractivity contribution < 1.29 is 4.74 Å². The molecule has 9 heteroatoms. The molecule has 0 aliphatic rings. The number of ether oxygens (including phenoxy) is 1. The highest BCUT2D eigenvalue weighted by atomic mass is 32.2. The molecule has 4 rings (SSSR count). The van der Waals surface area contributed by atoms with Gasteiger partial charge in [0.25, 0.3) is 5.56 Å². The van der Waals surface area contributed by atoms with Gasteiger partial charge in [-0.25, -0.2) is 4.98 Å². The first kappa shape index (κ1) is 20.6. The predicted molar refractivity (Wildman–Crippen MR) is 119 cm³/mol. The molecule has 3 heterocycles. The maximum absolute atomic E-state index is 12.1. The fraction of sp³-hybridized carbons (Fsp3) is 0.333. The molecule has 0 spiro atoms. The molecule has 0 amide bonds. The fourth-order valence-corrected chi connectivity index (χ4v) is 4.46. The number of thiazole rings is 1. The van der Waals surface area contributed by atoms with Crippen molar-refractivity contribution in [2.24, 2.45) is 7.05 Å². The van der Waals surface area contributed by atoms with E-state index in [-0.39, 0.29) is 11.0 Å². The van der Waals surface area contributed by atoms with E-state index in [0.717, 1.165) is 22.4 Å². The zero-order valence-corrected chi connectivity index (χ0v) is 19.0. The molecule has 156 valence electrons. The summed E-state index contributed by atoms with van der Waals surface area (Å²) < 4.78 is 9.34. The molecule has 30 heavy (non-hydrogen) atoms. The Bertz CT molecular complexity index is 1220. The van der Waals surface area contributed by atoms with Crippen LogP contribution in [0.2, 0.25) is 0 Å². The number of nitrogens with zero attached hydrogens (tertiary/aromatic N) is 5. The first-order chi connectivity index (χ1) is 14.3. The highest BCUT2D eigenvalue weighted by molar-refractivity contribution is 7.98. The minimum Gasteiger partial charge on any atom is -0.486 e. The molecule has 0 unspecified atom stereocenters. The fourth-order valence-electron chi connectivity index (χ4n) is 2.90. The van der Waals surface area contributed by atoms with Gasteiger partial charge in [0.2, 0.25) is 0 Å². The summed E-state index contributed by atoms with van der Waals surface area (Å²) in [5.41, 5.74) is 2.04. The second-order valence-corrected chi connectivity index (χ2v) is 9.77. The smallest absolute Gasteiger partial charge is 0.258 e. The molecule has 1 aromatic carbocycles. The Morgan fingerprint density at radius 3 is 2.67 bits per heavy atom. The van der Waals surface area contributed by atoms with E-state index in [2.05, 4.69) is 48.1 Å². The van der Waals surface area contributed by atoms with Gasteiger partial charge < -0.3 is 9.30 Å². The van der Waals surface area contributed by atoms with Gasteiger partial charge in [0.05, 0.1) is 5.69 Å². The number of benzene rings is 1. The zero-order valence-electron chi connectivity index (χ0n) is 17.3. The van der Waals surface area contributed by atoms with Crippen molar-refractivity contribution in [3.8, 4) is 5.75 Å². The van der Waals surface area contributed by atoms with Crippen LogP contribution in [0.1, 0.15) is 37.9 Å². The van der Waals surface area contributed by atoms with Gasteiger partial charge in [0.15, 0.2) is 15.9 Å². The van der Waals surface area contributed by atoms with Crippen LogP contribution < -0.4 is 10.3 Å². The Labute approximate surface area is 182 Å². The van der Waals surface area contributed by atoms with Gasteiger partial charge in [-0.05, 0) is 23.1 Å². The molecule has 7 nitrogen and oxygen atoms in total. The van der Waals surface area contributed by atoms with Crippen molar-refractivity contribution in [2.75, 3.05) is 0 Å². The molecule has 0 radical (unpaired) electrons. The summed E-state index contributed by atoms with van der Waals surface area (Å²) >= 11 is 2.94. The van der Waals surface area contributed by atoms with E-state index in [1.54, 1.807) is 16.7 Å².